The van der Waals surface area contributed by atoms with Crippen LogP contribution in [0.4, 0.5) is 17.1 Å². The van der Waals surface area contributed by atoms with Gasteiger partial charge >= 0.3 is 0 Å². The first kappa shape index (κ1) is 13.2. The molecule has 21 heavy (non-hydrogen) atoms. The van der Waals surface area contributed by atoms with E-state index in [1.54, 1.807) is 18.3 Å². The second-order valence-corrected chi connectivity index (χ2v) is 4.94. The van der Waals surface area contributed by atoms with Gasteiger partial charge in [0.2, 0.25) is 0 Å². The van der Waals surface area contributed by atoms with Crippen LogP contribution in [0, 0.1) is 11.3 Å². The number of benzene rings is 2. The number of fused-ring (bicyclic) bond motifs is 1. The normalized spacial score (nSPS) is 10.3. The lowest BCUT2D eigenvalue weighted by Crippen LogP contribution is -1.96. The molecule has 0 atom stereocenters. The summed E-state index contributed by atoms with van der Waals surface area (Å²) in [6.45, 7) is 0. The van der Waals surface area contributed by atoms with E-state index < -0.39 is 0 Å². The lowest BCUT2D eigenvalue weighted by atomic mass is 10.1. The Bertz CT molecular complexity index is 868. The van der Waals surface area contributed by atoms with Crippen molar-refractivity contribution in [3.8, 4) is 6.07 Å². The first-order valence-corrected chi connectivity index (χ1v) is 6.67. The molecule has 0 unspecified atom stereocenters. The Balaban J connectivity index is 2.07. The predicted molar refractivity (Wildman–Crippen MR) is 85.6 cm³/mol. The van der Waals surface area contributed by atoms with Crippen molar-refractivity contribution in [2.75, 3.05) is 11.1 Å². The van der Waals surface area contributed by atoms with Gasteiger partial charge in [-0.05, 0) is 42.5 Å². The number of pyridine rings is 1. The molecule has 3 aromatic rings. The van der Waals surface area contributed by atoms with Crippen LogP contribution in [-0.4, -0.2) is 4.98 Å². The molecule has 0 spiro atoms. The molecule has 0 saturated heterocycles. The van der Waals surface area contributed by atoms with E-state index in [1.165, 1.54) is 0 Å². The van der Waals surface area contributed by atoms with Gasteiger partial charge in [0.25, 0.3) is 0 Å². The average Bonchev–Trinajstić information content (AvgIpc) is 2.52. The van der Waals surface area contributed by atoms with Crippen LogP contribution < -0.4 is 11.1 Å². The van der Waals surface area contributed by atoms with Crippen LogP contribution in [0.25, 0.3) is 10.9 Å². The zero-order chi connectivity index (χ0) is 14.8. The Hall–Kier alpha value is -2.77. The number of nitrogens with one attached hydrogen (secondary N) is 1. The number of halogens is 1. The van der Waals surface area contributed by atoms with Crippen molar-refractivity contribution < 1.29 is 0 Å². The molecule has 0 aliphatic carbocycles. The zero-order valence-corrected chi connectivity index (χ0v) is 11.7. The van der Waals surface area contributed by atoms with E-state index in [-0.39, 0.29) is 0 Å². The molecule has 0 saturated carbocycles. The SMILES string of the molecule is N#Cc1cc(Nc2ccc(Cl)c3cccnc23)ccc1N. The van der Waals surface area contributed by atoms with Crippen LogP contribution >= 0.6 is 11.6 Å². The van der Waals surface area contributed by atoms with Gasteiger partial charge < -0.3 is 11.1 Å². The molecular weight excluding hydrogens is 284 g/mol. The minimum absolute atomic E-state index is 0.436. The maximum Gasteiger partial charge on any atom is 0.101 e. The molecule has 1 aromatic heterocycles. The van der Waals surface area contributed by atoms with Crippen LogP contribution in [0.15, 0.2) is 48.7 Å². The number of hydrogen-bond acceptors (Lipinski definition) is 4. The lowest BCUT2D eigenvalue weighted by molar-refractivity contribution is 1.40. The Kier molecular flexibility index (Phi) is 3.35. The number of hydrogen-bond donors (Lipinski definition) is 2. The molecule has 1 heterocycles. The van der Waals surface area contributed by atoms with Gasteiger partial charge in [-0.25, -0.2) is 0 Å². The van der Waals surface area contributed by atoms with E-state index in [0.29, 0.717) is 16.3 Å². The van der Waals surface area contributed by atoms with Crippen molar-refractivity contribution in [3.05, 3.63) is 59.2 Å². The van der Waals surface area contributed by atoms with Crippen molar-refractivity contribution in [3.63, 3.8) is 0 Å². The summed E-state index contributed by atoms with van der Waals surface area (Å²) in [5, 5.41) is 13.8. The molecule has 5 heteroatoms. The van der Waals surface area contributed by atoms with Gasteiger partial charge in [-0.1, -0.05) is 11.6 Å². The van der Waals surface area contributed by atoms with Crippen LogP contribution in [0.1, 0.15) is 5.56 Å². The first-order valence-electron chi connectivity index (χ1n) is 6.29. The van der Waals surface area contributed by atoms with E-state index in [4.69, 9.17) is 22.6 Å². The third-order valence-electron chi connectivity index (χ3n) is 3.17. The number of anilines is 3. The predicted octanol–water partition coefficient (Wildman–Crippen LogP) is 4.09. The lowest BCUT2D eigenvalue weighted by Gasteiger charge is -2.11. The molecule has 3 rings (SSSR count). The molecule has 4 nitrogen and oxygen atoms in total. The van der Waals surface area contributed by atoms with Crippen molar-refractivity contribution in [2.24, 2.45) is 0 Å². The van der Waals surface area contributed by atoms with Crippen LogP contribution in [0.5, 0.6) is 0 Å². The Morgan fingerprint density at radius 2 is 2.05 bits per heavy atom. The number of nitrogens with two attached hydrogens (primary N) is 1. The molecule has 3 N–H and O–H groups in total. The highest BCUT2D eigenvalue weighted by Crippen LogP contribution is 2.30. The maximum absolute atomic E-state index is 9.03. The van der Waals surface area contributed by atoms with E-state index in [9.17, 15) is 0 Å². The highest BCUT2D eigenvalue weighted by Gasteiger charge is 2.07. The molecule has 0 amide bonds. The molecule has 0 radical (unpaired) electrons. The summed E-state index contributed by atoms with van der Waals surface area (Å²) in [7, 11) is 0. The topological polar surface area (TPSA) is 74.7 Å². The van der Waals surface area contributed by atoms with Crippen LogP contribution in [0.3, 0.4) is 0 Å². The van der Waals surface area contributed by atoms with Gasteiger partial charge in [0.15, 0.2) is 0 Å². The average molecular weight is 295 g/mol. The van der Waals surface area contributed by atoms with E-state index in [0.717, 1.165) is 22.3 Å². The van der Waals surface area contributed by atoms with Crippen LogP contribution in [0.2, 0.25) is 5.02 Å². The minimum atomic E-state index is 0.436. The smallest absolute Gasteiger partial charge is 0.101 e. The monoisotopic (exact) mass is 294 g/mol. The van der Waals surface area contributed by atoms with Gasteiger partial charge in [0.1, 0.15) is 6.07 Å². The summed E-state index contributed by atoms with van der Waals surface area (Å²) in [5.74, 6) is 0. The van der Waals surface area contributed by atoms with Gasteiger partial charge in [-0.15, -0.1) is 0 Å². The van der Waals surface area contributed by atoms with Crippen LogP contribution in [-0.2, 0) is 0 Å². The molecule has 0 aliphatic heterocycles. The van der Waals surface area contributed by atoms with E-state index in [2.05, 4.69) is 16.4 Å². The fraction of sp³-hybridized carbons (Fsp3) is 0. The highest BCUT2D eigenvalue weighted by molar-refractivity contribution is 6.35. The van der Waals surface area contributed by atoms with Gasteiger partial charge in [0, 0.05) is 23.0 Å². The largest absolute Gasteiger partial charge is 0.398 e. The summed E-state index contributed by atoms with van der Waals surface area (Å²) in [5.41, 5.74) is 8.99. The van der Waals surface area contributed by atoms with Gasteiger partial charge in [-0.3, -0.25) is 4.98 Å². The summed E-state index contributed by atoms with van der Waals surface area (Å²) < 4.78 is 0. The summed E-state index contributed by atoms with van der Waals surface area (Å²) in [6, 6.07) is 14.7. The summed E-state index contributed by atoms with van der Waals surface area (Å²) in [4.78, 5) is 4.36. The molecule has 0 aliphatic rings. The van der Waals surface area contributed by atoms with E-state index >= 15 is 0 Å². The van der Waals surface area contributed by atoms with Crippen molar-refractivity contribution in [1.82, 2.24) is 4.98 Å². The van der Waals surface area contributed by atoms with Gasteiger partial charge in [0.05, 0.1) is 21.8 Å². The first-order chi connectivity index (χ1) is 10.2. The molecule has 0 bridgehead atoms. The quantitative estimate of drug-likeness (QED) is 0.698. The number of nitrogens with zero attached hydrogens (tertiary/aromatic N) is 2. The highest BCUT2D eigenvalue weighted by atomic mass is 35.5. The van der Waals surface area contributed by atoms with E-state index in [1.807, 2.05) is 30.3 Å². The Labute approximate surface area is 126 Å². The third-order valence-corrected chi connectivity index (χ3v) is 3.50. The van der Waals surface area contributed by atoms with Gasteiger partial charge in [-0.2, -0.15) is 5.26 Å². The maximum atomic E-state index is 9.03. The molecular formula is C16H11ClN4. The third kappa shape index (κ3) is 2.47. The summed E-state index contributed by atoms with van der Waals surface area (Å²) in [6.07, 6.45) is 1.72. The number of nitriles is 1. The number of rotatable bonds is 2. The second kappa shape index (κ2) is 5.31. The minimum Gasteiger partial charge on any atom is -0.398 e. The van der Waals surface area contributed by atoms with Crippen molar-refractivity contribution in [2.45, 2.75) is 0 Å². The van der Waals surface area contributed by atoms with Crippen molar-refractivity contribution in [1.29, 1.82) is 5.26 Å². The molecule has 2 aromatic carbocycles. The Morgan fingerprint density at radius 3 is 2.86 bits per heavy atom. The number of aromatic nitrogens is 1. The molecule has 0 fully saturated rings. The van der Waals surface area contributed by atoms with Crippen molar-refractivity contribution >= 4 is 39.6 Å². The zero-order valence-electron chi connectivity index (χ0n) is 11.0. The second-order valence-electron chi connectivity index (χ2n) is 4.53. The standard InChI is InChI=1S/C16H11ClN4/c17-13-4-6-15(16-12(13)2-1-7-20-16)21-11-3-5-14(19)10(8-11)9-18/h1-8,21H,19H2. The molecule has 102 valence electrons. The number of nitrogen functional groups attached to an aromatic ring is 1. The fourth-order valence-corrected chi connectivity index (χ4v) is 2.34. The Morgan fingerprint density at radius 1 is 1.19 bits per heavy atom. The fourth-order valence-electron chi connectivity index (χ4n) is 2.13. The summed E-state index contributed by atoms with van der Waals surface area (Å²) >= 11 is 6.17.